The fraction of sp³-hybridized carbons (Fsp3) is 0.846. The van der Waals surface area contributed by atoms with Gasteiger partial charge in [0, 0.05) is 12.8 Å². The minimum Gasteiger partial charge on any atom is -0.462 e. The summed E-state index contributed by atoms with van der Waals surface area (Å²) in [5, 5.41) is 0. The van der Waals surface area contributed by atoms with Crippen LogP contribution in [0.15, 0.2) is 24.3 Å². The van der Waals surface area contributed by atoms with Gasteiger partial charge in [0.25, 0.3) is 0 Å². The Morgan fingerprint density at radius 1 is 0.542 bits per heavy atom. The van der Waals surface area contributed by atoms with Gasteiger partial charge in [-0.3, -0.25) is 14.1 Å². The molecular weight excluding hydrogens is 627 g/mol. The first kappa shape index (κ1) is 46.5. The lowest BCUT2D eigenvalue weighted by Crippen LogP contribution is -2.29. The Morgan fingerprint density at radius 2 is 0.938 bits per heavy atom. The van der Waals surface area contributed by atoms with E-state index in [1.165, 1.54) is 103 Å². The first-order valence-corrected chi connectivity index (χ1v) is 21.2. The first-order chi connectivity index (χ1) is 23.3. The largest absolute Gasteiger partial charge is 0.469 e. The molecule has 0 bridgehead atoms. The van der Waals surface area contributed by atoms with E-state index >= 15 is 0 Å². The number of hydrogen-bond donors (Lipinski definition) is 2. The topological polar surface area (TPSA) is 119 Å². The van der Waals surface area contributed by atoms with Gasteiger partial charge < -0.3 is 19.3 Å². The smallest absolute Gasteiger partial charge is 0.462 e. The fourth-order valence-electron chi connectivity index (χ4n) is 5.52. The van der Waals surface area contributed by atoms with Crippen LogP contribution in [-0.4, -0.2) is 41.0 Å². The number of esters is 2. The third kappa shape index (κ3) is 37.4. The van der Waals surface area contributed by atoms with Crippen LogP contribution in [0.2, 0.25) is 0 Å². The van der Waals surface area contributed by atoms with E-state index in [1.54, 1.807) is 0 Å². The normalized spacial score (nSPS) is 12.7. The first-order valence-electron chi connectivity index (χ1n) is 19.6. The molecule has 0 radical (unpaired) electrons. The molecule has 0 aromatic carbocycles. The molecule has 0 aromatic rings. The number of unbranched alkanes of at least 4 members (excludes halogenated alkanes) is 22. The average Bonchev–Trinajstić information content (AvgIpc) is 3.05. The number of carbonyl (C=O) groups is 2. The van der Waals surface area contributed by atoms with Crippen molar-refractivity contribution in [1.82, 2.24) is 0 Å². The summed E-state index contributed by atoms with van der Waals surface area (Å²) in [4.78, 5) is 42.7. The standard InChI is InChI=1S/C39H73O8P/c1-3-5-7-9-11-13-15-17-19-21-23-25-27-29-31-33-38(40)45-35-37(36-46-48(42,43)44)47-39(41)34-32-30-28-26-24-22-20-18-16-14-12-10-8-6-4-2/h12,14,18,20,37H,3-11,13,15-17,19,21-36H2,1-2H3,(H2,42,43,44)/b14-12-,20-18-/t37-/m1/s1. The van der Waals surface area contributed by atoms with Crippen LogP contribution in [0.5, 0.6) is 0 Å². The zero-order chi connectivity index (χ0) is 35.4. The predicted molar refractivity (Wildman–Crippen MR) is 198 cm³/mol. The predicted octanol–water partition coefficient (Wildman–Crippen LogP) is 11.6. The van der Waals surface area contributed by atoms with Gasteiger partial charge in [-0.1, -0.05) is 160 Å². The molecule has 0 amide bonds. The monoisotopic (exact) mass is 701 g/mol. The summed E-state index contributed by atoms with van der Waals surface area (Å²) >= 11 is 0. The molecule has 0 fully saturated rings. The SMILES string of the molecule is CCCCC/C=C\C/C=C\CCCCCCCC(=O)O[C@H](COC(=O)CCCCCCCCCCCCCCCCC)COP(=O)(O)O. The van der Waals surface area contributed by atoms with Gasteiger partial charge in [0.15, 0.2) is 6.10 Å². The van der Waals surface area contributed by atoms with Gasteiger partial charge in [-0.05, 0) is 44.9 Å². The zero-order valence-electron chi connectivity index (χ0n) is 30.9. The van der Waals surface area contributed by atoms with Crippen LogP contribution in [0.4, 0.5) is 0 Å². The van der Waals surface area contributed by atoms with Gasteiger partial charge in [-0.25, -0.2) is 4.57 Å². The fourth-order valence-corrected chi connectivity index (χ4v) is 5.88. The number of ether oxygens (including phenoxy) is 2. The van der Waals surface area contributed by atoms with Crippen molar-refractivity contribution in [3.8, 4) is 0 Å². The number of rotatable bonds is 36. The minimum atomic E-state index is -4.75. The van der Waals surface area contributed by atoms with E-state index < -0.39 is 32.5 Å². The molecule has 0 unspecified atom stereocenters. The van der Waals surface area contributed by atoms with Crippen molar-refractivity contribution in [3.05, 3.63) is 24.3 Å². The molecule has 0 rings (SSSR count). The van der Waals surface area contributed by atoms with E-state index in [1.807, 2.05) is 0 Å². The molecule has 48 heavy (non-hydrogen) atoms. The highest BCUT2D eigenvalue weighted by molar-refractivity contribution is 7.46. The summed E-state index contributed by atoms with van der Waals surface area (Å²) in [6, 6.07) is 0. The summed E-state index contributed by atoms with van der Waals surface area (Å²) in [6.07, 6.45) is 38.9. The lowest BCUT2D eigenvalue weighted by molar-refractivity contribution is -0.161. The summed E-state index contributed by atoms with van der Waals surface area (Å²) < 4.78 is 26.3. The average molecular weight is 701 g/mol. The molecule has 0 saturated carbocycles. The summed E-state index contributed by atoms with van der Waals surface area (Å²) in [5.74, 6) is -0.894. The van der Waals surface area contributed by atoms with E-state index in [0.717, 1.165) is 57.8 Å². The van der Waals surface area contributed by atoms with Crippen LogP contribution >= 0.6 is 7.82 Å². The quantitative estimate of drug-likeness (QED) is 0.0287. The van der Waals surface area contributed by atoms with Crippen molar-refractivity contribution in [2.75, 3.05) is 13.2 Å². The Bertz CT molecular complexity index is 838. The van der Waals surface area contributed by atoms with Gasteiger partial charge in [-0.2, -0.15) is 0 Å². The number of carbonyl (C=O) groups excluding carboxylic acids is 2. The second kappa shape index (κ2) is 35.4. The van der Waals surface area contributed by atoms with Gasteiger partial charge in [0.2, 0.25) is 0 Å². The molecule has 2 N–H and O–H groups in total. The van der Waals surface area contributed by atoms with Crippen LogP contribution in [0.3, 0.4) is 0 Å². The Hall–Kier alpha value is -1.47. The highest BCUT2D eigenvalue weighted by Gasteiger charge is 2.22. The van der Waals surface area contributed by atoms with Gasteiger partial charge in [0.05, 0.1) is 6.61 Å². The number of hydrogen-bond acceptors (Lipinski definition) is 6. The Morgan fingerprint density at radius 3 is 1.42 bits per heavy atom. The number of phosphoric ester groups is 1. The van der Waals surface area contributed by atoms with Crippen molar-refractivity contribution in [2.45, 2.75) is 200 Å². The van der Waals surface area contributed by atoms with E-state index in [9.17, 15) is 14.2 Å². The minimum absolute atomic E-state index is 0.198. The molecule has 0 aliphatic carbocycles. The molecule has 0 aliphatic heterocycles. The van der Waals surface area contributed by atoms with Gasteiger partial charge in [-0.15, -0.1) is 0 Å². The Labute approximate surface area is 294 Å². The van der Waals surface area contributed by atoms with Gasteiger partial charge >= 0.3 is 19.8 Å². The van der Waals surface area contributed by atoms with Crippen molar-refractivity contribution >= 4 is 19.8 Å². The van der Waals surface area contributed by atoms with E-state index in [4.69, 9.17) is 19.3 Å². The maximum atomic E-state index is 12.4. The Kier molecular flexibility index (Phi) is 34.3. The summed E-state index contributed by atoms with van der Waals surface area (Å²) in [7, 11) is -4.75. The van der Waals surface area contributed by atoms with Crippen LogP contribution in [0, 0.1) is 0 Å². The van der Waals surface area contributed by atoms with E-state index in [2.05, 4.69) is 42.7 Å². The number of phosphoric acid groups is 1. The molecule has 0 spiro atoms. The molecule has 0 heterocycles. The van der Waals surface area contributed by atoms with Crippen molar-refractivity contribution in [1.29, 1.82) is 0 Å². The highest BCUT2D eigenvalue weighted by Crippen LogP contribution is 2.36. The Balaban J connectivity index is 3.95. The maximum Gasteiger partial charge on any atom is 0.469 e. The van der Waals surface area contributed by atoms with Crippen LogP contribution in [-0.2, 0) is 28.2 Å². The third-order valence-corrected chi connectivity index (χ3v) is 8.96. The molecular formula is C39H73O8P. The zero-order valence-corrected chi connectivity index (χ0v) is 31.8. The van der Waals surface area contributed by atoms with E-state index in [-0.39, 0.29) is 19.4 Å². The van der Waals surface area contributed by atoms with Crippen molar-refractivity contribution in [2.24, 2.45) is 0 Å². The molecule has 1 atom stereocenters. The molecule has 0 saturated heterocycles. The van der Waals surface area contributed by atoms with E-state index in [0.29, 0.717) is 6.42 Å². The lowest BCUT2D eigenvalue weighted by atomic mass is 10.0. The second-order valence-corrected chi connectivity index (χ2v) is 14.5. The summed E-state index contributed by atoms with van der Waals surface area (Å²) in [5.41, 5.74) is 0. The molecule has 0 aliphatic rings. The third-order valence-electron chi connectivity index (χ3n) is 8.47. The lowest BCUT2D eigenvalue weighted by Gasteiger charge is -2.18. The van der Waals surface area contributed by atoms with Crippen LogP contribution in [0.1, 0.15) is 194 Å². The molecule has 8 nitrogen and oxygen atoms in total. The van der Waals surface area contributed by atoms with Crippen LogP contribution in [0.25, 0.3) is 0 Å². The van der Waals surface area contributed by atoms with Crippen molar-refractivity contribution < 1.29 is 37.9 Å². The highest BCUT2D eigenvalue weighted by atomic mass is 31.2. The molecule has 282 valence electrons. The van der Waals surface area contributed by atoms with Crippen molar-refractivity contribution in [3.63, 3.8) is 0 Å². The van der Waals surface area contributed by atoms with Crippen LogP contribution < -0.4 is 0 Å². The second-order valence-electron chi connectivity index (χ2n) is 13.3. The summed E-state index contributed by atoms with van der Waals surface area (Å²) in [6.45, 7) is 3.65. The number of allylic oxidation sites excluding steroid dienone is 4. The molecule has 0 aromatic heterocycles. The van der Waals surface area contributed by atoms with Gasteiger partial charge in [0.1, 0.15) is 6.61 Å². The maximum absolute atomic E-state index is 12.4. The molecule has 9 heteroatoms.